The first-order valence-corrected chi connectivity index (χ1v) is 4.59. The molecule has 2 heterocycles. The second kappa shape index (κ2) is 2.66. The molecule has 1 aliphatic rings. The molecule has 0 aromatic carbocycles. The minimum atomic E-state index is 0.267. The molecule has 0 bridgehead atoms. The van der Waals surface area contributed by atoms with E-state index in [1.165, 1.54) is 0 Å². The zero-order valence-electron chi connectivity index (χ0n) is 6.12. The normalized spacial score (nSPS) is 15.1. The highest BCUT2D eigenvalue weighted by atomic mass is 32.1. The van der Waals surface area contributed by atoms with Crippen molar-refractivity contribution >= 4 is 17.2 Å². The van der Waals surface area contributed by atoms with Crippen LogP contribution in [0.4, 0.5) is 0 Å². The SMILES string of the molecule is O=C(Cc1ccsc1)N1CC1. The van der Waals surface area contributed by atoms with Crippen LogP contribution in [0.5, 0.6) is 0 Å². The minimum Gasteiger partial charge on any atom is -0.339 e. The van der Waals surface area contributed by atoms with E-state index in [1.54, 1.807) is 11.3 Å². The number of hydrogen-bond acceptors (Lipinski definition) is 2. The van der Waals surface area contributed by atoms with Crippen LogP contribution in [0.25, 0.3) is 0 Å². The van der Waals surface area contributed by atoms with E-state index in [9.17, 15) is 4.79 Å². The Balaban J connectivity index is 1.94. The first-order chi connectivity index (χ1) is 5.36. The Kier molecular flexibility index (Phi) is 1.66. The maximum atomic E-state index is 11.2. The molecular formula is C8H9NOS. The van der Waals surface area contributed by atoms with Crippen molar-refractivity contribution in [3.8, 4) is 0 Å². The summed E-state index contributed by atoms with van der Waals surface area (Å²) in [6, 6.07) is 2.01. The largest absolute Gasteiger partial charge is 0.339 e. The highest BCUT2D eigenvalue weighted by Gasteiger charge is 2.23. The van der Waals surface area contributed by atoms with Gasteiger partial charge in [0.05, 0.1) is 6.42 Å². The van der Waals surface area contributed by atoms with Crippen LogP contribution in [0.3, 0.4) is 0 Å². The molecule has 0 unspecified atom stereocenters. The first-order valence-electron chi connectivity index (χ1n) is 3.65. The maximum absolute atomic E-state index is 11.2. The van der Waals surface area contributed by atoms with E-state index in [0.717, 1.165) is 18.7 Å². The summed E-state index contributed by atoms with van der Waals surface area (Å²) in [5.41, 5.74) is 1.15. The van der Waals surface area contributed by atoms with Crippen LogP contribution < -0.4 is 0 Å². The van der Waals surface area contributed by atoms with E-state index < -0.39 is 0 Å². The molecule has 2 rings (SSSR count). The summed E-state index contributed by atoms with van der Waals surface area (Å²) in [7, 11) is 0. The Morgan fingerprint density at radius 2 is 2.45 bits per heavy atom. The summed E-state index contributed by atoms with van der Waals surface area (Å²) in [6.07, 6.45) is 0.587. The van der Waals surface area contributed by atoms with Crippen LogP contribution in [-0.2, 0) is 11.2 Å². The third kappa shape index (κ3) is 1.60. The van der Waals surface area contributed by atoms with Gasteiger partial charge in [-0.05, 0) is 22.4 Å². The van der Waals surface area contributed by atoms with Crippen LogP contribution in [0.2, 0.25) is 0 Å². The molecule has 1 amide bonds. The van der Waals surface area contributed by atoms with Gasteiger partial charge < -0.3 is 4.90 Å². The number of hydrogen-bond donors (Lipinski definition) is 0. The molecule has 0 N–H and O–H groups in total. The van der Waals surface area contributed by atoms with Gasteiger partial charge in [-0.2, -0.15) is 11.3 Å². The number of rotatable bonds is 2. The quantitative estimate of drug-likeness (QED) is 0.605. The van der Waals surface area contributed by atoms with Crippen LogP contribution in [0, 0.1) is 0 Å². The van der Waals surface area contributed by atoms with Crippen molar-refractivity contribution in [1.82, 2.24) is 4.90 Å². The van der Waals surface area contributed by atoms with Gasteiger partial charge in [-0.15, -0.1) is 0 Å². The van der Waals surface area contributed by atoms with Crippen molar-refractivity contribution in [2.24, 2.45) is 0 Å². The van der Waals surface area contributed by atoms with Gasteiger partial charge in [0, 0.05) is 13.1 Å². The van der Waals surface area contributed by atoms with Crippen molar-refractivity contribution < 1.29 is 4.79 Å². The number of carbonyl (C=O) groups excluding carboxylic acids is 1. The van der Waals surface area contributed by atoms with Crippen molar-refractivity contribution in [1.29, 1.82) is 0 Å². The molecule has 1 aliphatic heterocycles. The molecule has 1 fully saturated rings. The average molecular weight is 167 g/mol. The van der Waals surface area contributed by atoms with E-state index in [2.05, 4.69) is 0 Å². The summed E-state index contributed by atoms with van der Waals surface area (Å²) in [4.78, 5) is 13.1. The Hall–Kier alpha value is -0.830. The molecule has 1 aromatic heterocycles. The summed E-state index contributed by atoms with van der Waals surface area (Å²) in [6.45, 7) is 1.92. The van der Waals surface area contributed by atoms with Crippen molar-refractivity contribution in [2.75, 3.05) is 13.1 Å². The van der Waals surface area contributed by atoms with E-state index in [-0.39, 0.29) is 5.91 Å². The maximum Gasteiger partial charge on any atom is 0.227 e. The highest BCUT2D eigenvalue weighted by molar-refractivity contribution is 7.07. The second-order valence-electron chi connectivity index (χ2n) is 2.69. The zero-order valence-corrected chi connectivity index (χ0v) is 6.93. The number of amides is 1. The Labute approximate surface area is 69.4 Å². The van der Waals surface area contributed by atoms with Gasteiger partial charge in [0.2, 0.25) is 5.91 Å². The fourth-order valence-electron chi connectivity index (χ4n) is 0.979. The van der Waals surface area contributed by atoms with E-state index in [4.69, 9.17) is 0 Å². The number of thiophene rings is 1. The lowest BCUT2D eigenvalue weighted by molar-refractivity contribution is -0.125. The average Bonchev–Trinajstić information content (AvgIpc) is 2.73. The van der Waals surface area contributed by atoms with Crippen molar-refractivity contribution in [3.63, 3.8) is 0 Å². The van der Waals surface area contributed by atoms with Gasteiger partial charge >= 0.3 is 0 Å². The Morgan fingerprint density at radius 3 is 3.00 bits per heavy atom. The van der Waals surface area contributed by atoms with E-state index in [0.29, 0.717) is 6.42 Å². The number of carbonyl (C=O) groups is 1. The number of nitrogens with zero attached hydrogens (tertiary/aromatic N) is 1. The summed E-state index contributed by atoms with van der Waals surface area (Å²) < 4.78 is 0. The molecule has 0 radical (unpaired) electrons. The second-order valence-corrected chi connectivity index (χ2v) is 3.47. The van der Waals surface area contributed by atoms with Gasteiger partial charge in [-0.1, -0.05) is 0 Å². The highest BCUT2D eigenvalue weighted by Crippen LogP contribution is 2.11. The summed E-state index contributed by atoms with van der Waals surface area (Å²) >= 11 is 1.64. The molecule has 0 saturated carbocycles. The van der Waals surface area contributed by atoms with Gasteiger partial charge in [-0.25, -0.2) is 0 Å². The van der Waals surface area contributed by atoms with E-state index in [1.807, 2.05) is 21.7 Å². The molecule has 1 saturated heterocycles. The molecule has 3 heteroatoms. The minimum absolute atomic E-state index is 0.267. The Morgan fingerprint density at radius 1 is 1.64 bits per heavy atom. The third-order valence-electron chi connectivity index (χ3n) is 1.74. The molecule has 11 heavy (non-hydrogen) atoms. The van der Waals surface area contributed by atoms with Crippen LogP contribution in [0.15, 0.2) is 16.8 Å². The molecular weight excluding hydrogens is 158 g/mol. The summed E-state index contributed by atoms with van der Waals surface area (Å²) in [5.74, 6) is 0.267. The molecule has 0 atom stereocenters. The molecule has 0 aliphatic carbocycles. The third-order valence-corrected chi connectivity index (χ3v) is 2.47. The van der Waals surface area contributed by atoms with Gasteiger partial charge in [0.25, 0.3) is 0 Å². The van der Waals surface area contributed by atoms with Gasteiger partial charge in [0.15, 0.2) is 0 Å². The smallest absolute Gasteiger partial charge is 0.227 e. The fraction of sp³-hybridized carbons (Fsp3) is 0.375. The summed E-state index contributed by atoms with van der Waals surface area (Å²) in [5, 5.41) is 4.03. The zero-order chi connectivity index (χ0) is 7.68. The molecule has 1 aromatic rings. The standard InChI is InChI=1S/C8H9NOS/c10-8(9-2-3-9)5-7-1-4-11-6-7/h1,4,6H,2-3,5H2. The first kappa shape index (κ1) is 6.85. The lowest BCUT2D eigenvalue weighted by Crippen LogP contribution is -2.12. The van der Waals surface area contributed by atoms with Crippen LogP contribution in [0.1, 0.15) is 5.56 Å². The molecule has 58 valence electrons. The fourth-order valence-corrected chi connectivity index (χ4v) is 1.65. The van der Waals surface area contributed by atoms with Crippen LogP contribution >= 0.6 is 11.3 Å². The van der Waals surface area contributed by atoms with Crippen LogP contribution in [-0.4, -0.2) is 23.9 Å². The van der Waals surface area contributed by atoms with Gasteiger partial charge in [-0.3, -0.25) is 4.79 Å². The molecule has 0 spiro atoms. The van der Waals surface area contributed by atoms with E-state index >= 15 is 0 Å². The Bertz CT molecular complexity index is 251. The predicted octanol–water partition coefficient (Wildman–Crippen LogP) is 1.13. The van der Waals surface area contributed by atoms with Crippen molar-refractivity contribution in [2.45, 2.75) is 6.42 Å². The van der Waals surface area contributed by atoms with Crippen molar-refractivity contribution in [3.05, 3.63) is 22.4 Å². The molecule has 2 nitrogen and oxygen atoms in total. The lowest BCUT2D eigenvalue weighted by Gasteiger charge is -1.97. The topological polar surface area (TPSA) is 20.1 Å². The van der Waals surface area contributed by atoms with Gasteiger partial charge in [0.1, 0.15) is 0 Å². The predicted molar refractivity (Wildman–Crippen MR) is 44.6 cm³/mol. The monoisotopic (exact) mass is 167 g/mol. The lowest BCUT2D eigenvalue weighted by atomic mass is 10.2.